The molecular weight excluding hydrogens is 226 g/mol. The lowest BCUT2D eigenvalue weighted by Crippen LogP contribution is -1.77. The van der Waals surface area contributed by atoms with Gasteiger partial charge >= 0.3 is 0 Å². The molecule has 3 heteroatoms. The first-order valence-corrected chi connectivity index (χ1v) is 5.51. The number of rotatable bonds is 0. The first kappa shape index (κ1) is 13.5. The van der Waals surface area contributed by atoms with E-state index < -0.39 is 0 Å². The highest BCUT2D eigenvalue weighted by Gasteiger charge is 1.72. The van der Waals surface area contributed by atoms with Crippen molar-refractivity contribution in [1.29, 1.82) is 0 Å². The standard InChI is InChI=1S/C15H15NO2/c1-2-4-6-8-10-12-14-16-18-17-15-13-11-9-7-5-3-1/h1-15H/b3-1+,4-2-,7-5-,8-6-,11-9+,12-10+,15-13+,16-14+. The summed E-state index contributed by atoms with van der Waals surface area (Å²) < 4.78 is 0. The lowest BCUT2D eigenvalue weighted by Gasteiger charge is -1.88. The predicted octanol–water partition coefficient (Wildman–Crippen LogP) is 3.78. The molecule has 1 heterocycles. The lowest BCUT2D eigenvalue weighted by molar-refractivity contribution is -0.248. The summed E-state index contributed by atoms with van der Waals surface area (Å²) >= 11 is 0. The van der Waals surface area contributed by atoms with Gasteiger partial charge in [0.25, 0.3) is 0 Å². The van der Waals surface area contributed by atoms with Crippen LogP contribution in [-0.2, 0) is 9.88 Å². The van der Waals surface area contributed by atoms with Gasteiger partial charge in [0.2, 0.25) is 0 Å². The molecule has 0 bridgehead atoms. The minimum absolute atomic E-state index is 1.40. The fourth-order valence-electron chi connectivity index (χ4n) is 0.942. The van der Waals surface area contributed by atoms with E-state index in [0.29, 0.717) is 0 Å². The van der Waals surface area contributed by atoms with Crippen LogP contribution in [0.2, 0.25) is 0 Å². The second-order valence-electron chi connectivity index (χ2n) is 3.06. The van der Waals surface area contributed by atoms with E-state index in [1.54, 1.807) is 12.2 Å². The van der Waals surface area contributed by atoms with Crippen molar-refractivity contribution in [3.8, 4) is 0 Å². The minimum atomic E-state index is 1.40. The van der Waals surface area contributed by atoms with Gasteiger partial charge in [0.1, 0.15) is 6.26 Å². The van der Waals surface area contributed by atoms with Crippen LogP contribution in [0.4, 0.5) is 0 Å². The molecule has 92 valence electrons. The molecule has 0 N–H and O–H groups in total. The number of nitrogens with zero attached hydrogens (tertiary/aromatic N) is 1. The number of hydrogen-bond acceptors (Lipinski definition) is 3. The van der Waals surface area contributed by atoms with Crippen LogP contribution in [0.5, 0.6) is 0 Å². The highest BCUT2D eigenvalue weighted by Crippen LogP contribution is 1.87. The Morgan fingerprint density at radius 2 is 0.944 bits per heavy atom. The summed E-state index contributed by atoms with van der Waals surface area (Å²) in [6, 6.07) is 0. The Hall–Kier alpha value is -2.55. The van der Waals surface area contributed by atoms with E-state index >= 15 is 0 Å². The van der Waals surface area contributed by atoms with Crippen LogP contribution in [0.25, 0.3) is 0 Å². The Morgan fingerprint density at radius 3 is 1.50 bits per heavy atom. The minimum Gasteiger partial charge on any atom is -0.276 e. The molecule has 0 fully saturated rings. The topological polar surface area (TPSA) is 30.8 Å². The summed E-state index contributed by atoms with van der Waals surface area (Å²) in [5.74, 6) is 0. The summed E-state index contributed by atoms with van der Waals surface area (Å²) in [4.78, 5) is 9.16. The number of hydrogen-bond donors (Lipinski definition) is 0. The zero-order valence-electron chi connectivity index (χ0n) is 9.92. The molecule has 1 aliphatic heterocycles. The molecule has 0 aromatic carbocycles. The third kappa shape index (κ3) is 8.73. The van der Waals surface area contributed by atoms with E-state index in [-0.39, 0.29) is 0 Å². The molecular formula is C15H15NO2. The van der Waals surface area contributed by atoms with Gasteiger partial charge in [-0.3, -0.25) is 4.89 Å². The number of allylic oxidation sites excluding steroid dienone is 13. The van der Waals surface area contributed by atoms with Crippen molar-refractivity contribution in [2.45, 2.75) is 0 Å². The second-order valence-corrected chi connectivity index (χ2v) is 3.06. The smallest absolute Gasteiger partial charge is 0.145 e. The first-order valence-electron chi connectivity index (χ1n) is 5.51. The first-order chi connectivity index (χ1) is 9.00. The third-order valence-corrected chi connectivity index (χ3v) is 1.70. The van der Waals surface area contributed by atoms with Gasteiger partial charge in [-0.25, -0.2) is 0 Å². The Bertz CT molecular complexity index is 393. The average Bonchev–Trinajstić information content (AvgIpc) is 2.39. The summed E-state index contributed by atoms with van der Waals surface area (Å²) in [6.07, 6.45) is 27.3. The van der Waals surface area contributed by atoms with Gasteiger partial charge in [-0.05, 0) is 17.3 Å². The van der Waals surface area contributed by atoms with E-state index in [4.69, 9.17) is 0 Å². The maximum absolute atomic E-state index is 4.65. The molecule has 0 atom stereocenters. The Balaban J connectivity index is 2.58. The largest absolute Gasteiger partial charge is 0.276 e. The SMILES string of the molecule is C1=C\C=C\C=C/C=C/C=C/OO\N=C\C=C\C=C/1. The molecule has 1 rings (SSSR count). The summed E-state index contributed by atoms with van der Waals surface area (Å²) in [6.45, 7) is 0. The van der Waals surface area contributed by atoms with Crippen LogP contribution in [-0.4, -0.2) is 6.21 Å². The number of oxime groups is 1. The van der Waals surface area contributed by atoms with Gasteiger partial charge < -0.3 is 0 Å². The van der Waals surface area contributed by atoms with Crippen LogP contribution in [0.15, 0.2) is 90.4 Å². The molecule has 0 aromatic heterocycles. The molecule has 0 unspecified atom stereocenters. The molecule has 0 amide bonds. The van der Waals surface area contributed by atoms with Crippen molar-refractivity contribution < 1.29 is 9.88 Å². The van der Waals surface area contributed by atoms with Crippen LogP contribution in [0.1, 0.15) is 0 Å². The van der Waals surface area contributed by atoms with Crippen molar-refractivity contribution in [1.82, 2.24) is 0 Å². The van der Waals surface area contributed by atoms with E-state index in [1.807, 2.05) is 66.8 Å². The quantitative estimate of drug-likeness (QED) is 0.604. The molecule has 0 aliphatic carbocycles. The molecule has 18 heavy (non-hydrogen) atoms. The van der Waals surface area contributed by atoms with Gasteiger partial charge in [0.15, 0.2) is 0 Å². The molecule has 0 spiro atoms. The highest BCUT2D eigenvalue weighted by molar-refractivity contribution is 5.70. The van der Waals surface area contributed by atoms with Crippen molar-refractivity contribution >= 4 is 6.21 Å². The normalized spacial score (nSPS) is 30.2. The molecule has 0 saturated carbocycles. The van der Waals surface area contributed by atoms with Gasteiger partial charge in [0.05, 0.1) is 6.21 Å². The molecule has 3 nitrogen and oxygen atoms in total. The van der Waals surface area contributed by atoms with E-state index in [0.717, 1.165) is 0 Å². The highest BCUT2D eigenvalue weighted by atomic mass is 17.3. The monoisotopic (exact) mass is 241 g/mol. The lowest BCUT2D eigenvalue weighted by atomic mass is 10.3. The zero-order valence-corrected chi connectivity index (χ0v) is 9.92. The summed E-state index contributed by atoms with van der Waals surface area (Å²) in [5, 5.41) is 3.55. The molecule has 0 radical (unpaired) electrons. The molecule has 0 saturated heterocycles. The Labute approximate surface area is 107 Å². The van der Waals surface area contributed by atoms with E-state index in [9.17, 15) is 0 Å². The van der Waals surface area contributed by atoms with Gasteiger partial charge in [0, 0.05) is 0 Å². The maximum atomic E-state index is 4.65. The van der Waals surface area contributed by atoms with Crippen molar-refractivity contribution in [2.24, 2.45) is 5.16 Å². The average molecular weight is 241 g/mol. The van der Waals surface area contributed by atoms with Gasteiger partial charge in [-0.2, -0.15) is 4.99 Å². The van der Waals surface area contributed by atoms with Gasteiger partial charge in [-0.15, -0.1) is 0 Å². The van der Waals surface area contributed by atoms with Crippen LogP contribution >= 0.6 is 0 Å². The molecule has 1 aliphatic rings. The summed E-state index contributed by atoms with van der Waals surface area (Å²) in [7, 11) is 0. The van der Waals surface area contributed by atoms with E-state index in [2.05, 4.69) is 15.0 Å². The fraction of sp³-hybridized carbons (Fsp3) is 0. The van der Waals surface area contributed by atoms with Gasteiger partial charge in [-0.1, -0.05) is 66.8 Å². The van der Waals surface area contributed by atoms with Crippen LogP contribution < -0.4 is 0 Å². The van der Waals surface area contributed by atoms with Crippen molar-refractivity contribution in [2.75, 3.05) is 0 Å². The van der Waals surface area contributed by atoms with Crippen LogP contribution in [0, 0.1) is 0 Å². The Kier molecular flexibility index (Phi) is 8.22. The maximum Gasteiger partial charge on any atom is 0.145 e. The van der Waals surface area contributed by atoms with E-state index in [1.165, 1.54) is 12.5 Å². The van der Waals surface area contributed by atoms with Crippen molar-refractivity contribution in [3.63, 3.8) is 0 Å². The summed E-state index contributed by atoms with van der Waals surface area (Å²) in [5.41, 5.74) is 0. The zero-order chi connectivity index (χ0) is 12.7. The Morgan fingerprint density at radius 1 is 0.500 bits per heavy atom. The van der Waals surface area contributed by atoms with Crippen molar-refractivity contribution in [3.05, 3.63) is 85.3 Å². The second kappa shape index (κ2) is 11.0. The predicted molar refractivity (Wildman–Crippen MR) is 74.6 cm³/mol. The third-order valence-electron chi connectivity index (χ3n) is 1.70. The fourth-order valence-corrected chi connectivity index (χ4v) is 0.942. The van der Waals surface area contributed by atoms with Crippen LogP contribution in [0.3, 0.4) is 0 Å². The molecule has 0 aromatic rings.